The van der Waals surface area contributed by atoms with Crippen molar-refractivity contribution < 1.29 is 4.79 Å². The number of anilines is 1. The van der Waals surface area contributed by atoms with Gasteiger partial charge in [0.25, 0.3) is 0 Å². The van der Waals surface area contributed by atoms with Crippen molar-refractivity contribution in [2.24, 2.45) is 0 Å². The molecule has 0 unspecified atom stereocenters. The van der Waals surface area contributed by atoms with Crippen LogP contribution in [0.4, 0.5) is 5.69 Å². The van der Waals surface area contributed by atoms with Crippen LogP contribution in [0.5, 0.6) is 0 Å². The summed E-state index contributed by atoms with van der Waals surface area (Å²) >= 11 is 5.76. The Morgan fingerprint density at radius 1 is 1.43 bits per heavy atom. The van der Waals surface area contributed by atoms with Gasteiger partial charge in [-0.25, -0.2) is 0 Å². The van der Waals surface area contributed by atoms with Crippen LogP contribution in [0, 0.1) is 0 Å². The number of amides is 1. The first-order chi connectivity index (χ1) is 6.77. The highest BCUT2D eigenvalue weighted by Gasteiger charge is 2.02. The summed E-state index contributed by atoms with van der Waals surface area (Å²) < 4.78 is 0. The summed E-state index contributed by atoms with van der Waals surface area (Å²) in [6.07, 6.45) is 1.63. The Labute approximate surface area is 88.6 Å². The molecule has 1 aromatic carbocycles. The van der Waals surface area contributed by atoms with E-state index in [1.807, 2.05) is 12.1 Å². The highest BCUT2D eigenvalue weighted by atomic mass is 35.5. The number of nitrogens with zero attached hydrogens (tertiary/aromatic N) is 1. The van der Waals surface area contributed by atoms with Crippen molar-refractivity contribution in [2.45, 2.75) is 13.3 Å². The van der Waals surface area contributed by atoms with E-state index < -0.39 is 0 Å². The Bertz CT molecular complexity index is 287. The molecule has 0 saturated heterocycles. The molecule has 0 atom stereocenters. The molecule has 1 N–H and O–H groups in total. The SMILES string of the molecule is CCCN(NC=O)c1ccc(Cl)cc1. The Morgan fingerprint density at radius 2 is 2.07 bits per heavy atom. The second-order valence-electron chi connectivity index (χ2n) is 2.88. The van der Waals surface area contributed by atoms with Crippen molar-refractivity contribution in [2.75, 3.05) is 11.6 Å². The van der Waals surface area contributed by atoms with E-state index >= 15 is 0 Å². The van der Waals surface area contributed by atoms with Crippen LogP contribution in [0.2, 0.25) is 5.02 Å². The summed E-state index contributed by atoms with van der Waals surface area (Å²) in [6, 6.07) is 7.33. The van der Waals surface area contributed by atoms with Crippen LogP contribution >= 0.6 is 11.6 Å². The zero-order chi connectivity index (χ0) is 10.4. The number of benzene rings is 1. The van der Waals surface area contributed by atoms with Crippen LogP contribution < -0.4 is 10.4 Å². The zero-order valence-corrected chi connectivity index (χ0v) is 8.79. The van der Waals surface area contributed by atoms with Crippen LogP contribution in [0.25, 0.3) is 0 Å². The second-order valence-corrected chi connectivity index (χ2v) is 3.31. The minimum absolute atomic E-state index is 0.671. The Balaban J connectivity index is 2.76. The van der Waals surface area contributed by atoms with Crippen LogP contribution in [-0.4, -0.2) is 13.0 Å². The molecule has 14 heavy (non-hydrogen) atoms. The third kappa shape index (κ3) is 2.92. The predicted octanol–water partition coefficient (Wildman–Crippen LogP) is 2.22. The van der Waals surface area contributed by atoms with E-state index in [0.29, 0.717) is 11.4 Å². The summed E-state index contributed by atoms with van der Waals surface area (Å²) in [5, 5.41) is 2.47. The van der Waals surface area contributed by atoms with Gasteiger partial charge in [-0.15, -0.1) is 0 Å². The van der Waals surface area contributed by atoms with Gasteiger partial charge in [-0.3, -0.25) is 15.2 Å². The van der Waals surface area contributed by atoms with Gasteiger partial charge in [-0.2, -0.15) is 0 Å². The highest BCUT2D eigenvalue weighted by Crippen LogP contribution is 2.16. The van der Waals surface area contributed by atoms with E-state index in [9.17, 15) is 4.79 Å². The Kier molecular flexibility index (Phi) is 4.26. The molecule has 1 amide bonds. The molecule has 1 rings (SSSR count). The van der Waals surface area contributed by atoms with Crippen molar-refractivity contribution in [3.05, 3.63) is 29.3 Å². The molecule has 0 aliphatic heterocycles. The van der Waals surface area contributed by atoms with Gasteiger partial charge in [0.1, 0.15) is 0 Å². The van der Waals surface area contributed by atoms with Crippen LogP contribution in [0.1, 0.15) is 13.3 Å². The van der Waals surface area contributed by atoms with E-state index in [1.165, 1.54) is 0 Å². The molecule has 0 bridgehead atoms. The molecule has 0 aromatic heterocycles. The van der Waals surface area contributed by atoms with Gasteiger partial charge in [0.15, 0.2) is 0 Å². The second kappa shape index (κ2) is 5.50. The topological polar surface area (TPSA) is 32.3 Å². The molecule has 0 heterocycles. The average Bonchev–Trinajstić information content (AvgIpc) is 2.19. The maximum Gasteiger partial charge on any atom is 0.225 e. The number of halogens is 1. The third-order valence-electron chi connectivity index (χ3n) is 1.79. The van der Waals surface area contributed by atoms with Crippen molar-refractivity contribution in [3.8, 4) is 0 Å². The van der Waals surface area contributed by atoms with Gasteiger partial charge >= 0.3 is 0 Å². The fourth-order valence-electron chi connectivity index (χ4n) is 1.18. The molecule has 0 radical (unpaired) electrons. The molecule has 0 aliphatic carbocycles. The van der Waals surface area contributed by atoms with E-state index in [1.54, 1.807) is 17.1 Å². The maximum absolute atomic E-state index is 10.4. The normalized spacial score (nSPS) is 9.57. The zero-order valence-electron chi connectivity index (χ0n) is 8.03. The molecular weight excluding hydrogens is 200 g/mol. The van der Waals surface area contributed by atoms with Crippen LogP contribution in [0.15, 0.2) is 24.3 Å². The molecule has 0 saturated carbocycles. The number of hydrogen-bond acceptors (Lipinski definition) is 2. The Hall–Kier alpha value is -1.22. The van der Waals surface area contributed by atoms with E-state index in [0.717, 1.165) is 18.7 Å². The summed E-state index contributed by atoms with van der Waals surface area (Å²) in [5.41, 5.74) is 3.56. The molecule has 0 spiro atoms. The molecule has 3 nitrogen and oxygen atoms in total. The monoisotopic (exact) mass is 212 g/mol. The summed E-state index contributed by atoms with van der Waals surface area (Å²) in [6.45, 7) is 2.83. The lowest BCUT2D eigenvalue weighted by Gasteiger charge is -2.22. The van der Waals surface area contributed by atoms with Crippen molar-refractivity contribution in [3.63, 3.8) is 0 Å². The minimum Gasteiger partial charge on any atom is -0.286 e. The molecule has 76 valence electrons. The van der Waals surface area contributed by atoms with Crippen molar-refractivity contribution in [1.29, 1.82) is 0 Å². The smallest absolute Gasteiger partial charge is 0.225 e. The van der Waals surface area contributed by atoms with Crippen LogP contribution in [0.3, 0.4) is 0 Å². The largest absolute Gasteiger partial charge is 0.286 e. The van der Waals surface area contributed by atoms with E-state index in [4.69, 9.17) is 11.6 Å². The molecule has 0 fully saturated rings. The van der Waals surface area contributed by atoms with Gasteiger partial charge in [0, 0.05) is 11.6 Å². The van der Waals surface area contributed by atoms with E-state index in [2.05, 4.69) is 12.3 Å². The molecule has 0 aliphatic rings. The van der Waals surface area contributed by atoms with E-state index in [-0.39, 0.29) is 0 Å². The molecule has 4 heteroatoms. The molecular formula is C10H13ClN2O. The summed E-state index contributed by atoms with van der Waals surface area (Å²) in [4.78, 5) is 10.4. The average molecular weight is 213 g/mol. The summed E-state index contributed by atoms with van der Waals surface area (Å²) in [5.74, 6) is 0. The number of carbonyl (C=O) groups excluding carboxylic acids is 1. The van der Waals surface area contributed by atoms with Gasteiger partial charge in [0.2, 0.25) is 6.41 Å². The summed E-state index contributed by atoms with van der Waals surface area (Å²) in [7, 11) is 0. The number of hydrazine groups is 1. The van der Waals surface area contributed by atoms with Gasteiger partial charge in [-0.05, 0) is 30.7 Å². The number of hydrogen-bond donors (Lipinski definition) is 1. The number of carbonyl (C=O) groups is 1. The fraction of sp³-hybridized carbons (Fsp3) is 0.300. The number of rotatable bonds is 5. The minimum atomic E-state index is 0.671. The first kappa shape index (κ1) is 10.9. The lowest BCUT2D eigenvalue weighted by Crippen LogP contribution is -2.37. The fourth-order valence-corrected chi connectivity index (χ4v) is 1.30. The van der Waals surface area contributed by atoms with Gasteiger partial charge < -0.3 is 0 Å². The lowest BCUT2D eigenvalue weighted by atomic mass is 10.3. The maximum atomic E-state index is 10.4. The molecule has 1 aromatic rings. The van der Waals surface area contributed by atoms with Crippen molar-refractivity contribution in [1.82, 2.24) is 5.43 Å². The highest BCUT2D eigenvalue weighted by molar-refractivity contribution is 6.30. The number of nitrogens with one attached hydrogen (secondary N) is 1. The van der Waals surface area contributed by atoms with Gasteiger partial charge in [0.05, 0.1) is 5.69 Å². The lowest BCUT2D eigenvalue weighted by molar-refractivity contribution is -0.109. The van der Waals surface area contributed by atoms with Crippen LogP contribution in [-0.2, 0) is 4.79 Å². The first-order valence-corrected chi connectivity index (χ1v) is 4.88. The van der Waals surface area contributed by atoms with Crippen molar-refractivity contribution >= 4 is 23.7 Å². The third-order valence-corrected chi connectivity index (χ3v) is 2.05. The standard InChI is InChI=1S/C10H13ClN2O/c1-2-7-13(12-8-14)10-5-3-9(11)4-6-10/h3-6,8H,2,7H2,1H3,(H,12,14). The first-order valence-electron chi connectivity index (χ1n) is 4.51. The predicted molar refractivity (Wildman–Crippen MR) is 58.3 cm³/mol. The Morgan fingerprint density at radius 3 is 2.57 bits per heavy atom. The van der Waals surface area contributed by atoms with Gasteiger partial charge in [-0.1, -0.05) is 18.5 Å². The quantitative estimate of drug-likeness (QED) is 0.600.